The highest BCUT2D eigenvalue weighted by atomic mass is 35.5. The number of rotatable bonds is 16. The molecule has 26 nitrogen and oxygen atoms in total. The molecule has 4 amide bonds. The van der Waals surface area contributed by atoms with Crippen molar-refractivity contribution in [3.8, 4) is 34.4 Å². The van der Waals surface area contributed by atoms with E-state index in [1.165, 1.54) is 82.9 Å². The Morgan fingerprint density at radius 3 is 1.22 bits per heavy atom. The van der Waals surface area contributed by atoms with Gasteiger partial charge >= 0.3 is 35.9 Å². The van der Waals surface area contributed by atoms with Gasteiger partial charge in [-0.15, -0.1) is 20.4 Å². The zero-order valence-electron chi connectivity index (χ0n) is 51.3. The van der Waals surface area contributed by atoms with Crippen molar-refractivity contribution in [3.05, 3.63) is 151 Å². The zero-order valence-corrected chi connectivity index (χ0v) is 54.3. The molecule has 2 fully saturated rings. The van der Waals surface area contributed by atoms with Crippen LogP contribution in [0.4, 0.5) is 44.7 Å². The molecule has 8 aromatic rings. The second kappa shape index (κ2) is 29.8. The number of pyridine rings is 2. The number of nitrogens with one attached hydrogen (secondary N) is 2. The van der Waals surface area contributed by atoms with E-state index >= 15 is 0 Å². The van der Waals surface area contributed by atoms with E-state index in [2.05, 4.69) is 40.3 Å². The standard InChI is InChI=1S/2C29H29Cl2F4N9O4.CH4/c2*1-28(2,3)48-27(47)41-12-18(32)11-20(41)25(45)38-21(29(33,34)35)13-42-23(16-6-8-17(30)9-7-16)40-43(26(42)46)14-22-37-15-44(39-22)24-19(31)5-4-10-36-24;/h2*4-10,15,18,20-21H,11-14H2,1-3H3,(H,38,45);1H4/t2*18-,20-,21?;/m10./s1. The van der Waals surface area contributed by atoms with Gasteiger partial charge in [0.05, 0.1) is 36.2 Å². The molecule has 0 bridgehead atoms. The van der Waals surface area contributed by atoms with E-state index in [0.29, 0.717) is 10.0 Å². The van der Waals surface area contributed by atoms with E-state index in [4.69, 9.17) is 55.9 Å². The van der Waals surface area contributed by atoms with Gasteiger partial charge in [-0.2, -0.15) is 26.3 Å². The molecule has 6 atom stereocenters. The number of halogens is 12. The summed E-state index contributed by atoms with van der Waals surface area (Å²) in [7, 11) is 0. The molecule has 2 unspecified atom stereocenters. The van der Waals surface area contributed by atoms with Crippen molar-refractivity contribution in [1.82, 2.24) is 88.6 Å². The van der Waals surface area contributed by atoms with Crippen LogP contribution in [-0.2, 0) is 45.2 Å². The van der Waals surface area contributed by atoms with Gasteiger partial charge in [-0.05, 0) is 114 Å². The van der Waals surface area contributed by atoms with Crippen LogP contribution in [0.5, 0.6) is 0 Å². The maximum Gasteiger partial charge on any atom is 0.411 e. The van der Waals surface area contributed by atoms with Gasteiger partial charge < -0.3 is 20.1 Å². The Hall–Kier alpha value is -9.02. The quantitative estimate of drug-likeness (QED) is 0.0851. The Labute approximate surface area is 566 Å². The van der Waals surface area contributed by atoms with Gasteiger partial charge in [0.2, 0.25) is 11.8 Å². The molecule has 2 saturated heterocycles. The first-order valence-electron chi connectivity index (χ1n) is 28.9. The molecule has 2 aromatic carbocycles. The molecule has 0 radical (unpaired) electrons. The molecule has 38 heteroatoms. The molecule has 0 saturated carbocycles. The van der Waals surface area contributed by atoms with Crippen LogP contribution in [0, 0.1) is 0 Å². The molecule has 6 aromatic heterocycles. The number of hydrogen-bond acceptors (Lipinski definition) is 16. The lowest BCUT2D eigenvalue weighted by Crippen LogP contribution is -2.55. The maximum absolute atomic E-state index is 14.5. The topological polar surface area (TPSA) is 284 Å². The monoisotopic (exact) mass is 1440 g/mol. The van der Waals surface area contributed by atoms with E-state index in [9.17, 15) is 63.9 Å². The van der Waals surface area contributed by atoms with Crippen molar-refractivity contribution in [2.75, 3.05) is 13.1 Å². The van der Waals surface area contributed by atoms with E-state index in [0.717, 1.165) is 28.3 Å². The predicted molar refractivity (Wildman–Crippen MR) is 336 cm³/mol. The number of likely N-dealkylation sites (tertiary alicyclic amines) is 2. The van der Waals surface area contributed by atoms with Crippen LogP contribution >= 0.6 is 46.4 Å². The number of hydrogen-bond donors (Lipinski definition) is 2. The van der Waals surface area contributed by atoms with Gasteiger partial charge in [-0.25, -0.2) is 66.6 Å². The second-order valence-corrected chi connectivity index (χ2v) is 25.4. The van der Waals surface area contributed by atoms with Crippen LogP contribution in [-0.4, -0.2) is 175 Å². The maximum atomic E-state index is 14.5. The van der Waals surface area contributed by atoms with Gasteiger partial charge in [0.25, 0.3) is 0 Å². The van der Waals surface area contributed by atoms with E-state index < -0.39 is 134 Å². The van der Waals surface area contributed by atoms with Crippen molar-refractivity contribution >= 4 is 70.4 Å². The SMILES string of the molecule is C.CC(C)(C)OC(=O)N1C[C@@H](F)C[C@H]1C(=O)NC(Cn1c(-c2ccc(Cl)cc2)nn(Cc2ncn(-c3ncccc3Cl)n2)c1=O)C(F)(F)F.CC(C)(C)OC(=O)N1C[C@H](F)C[C@@H]1C(=O)NC(Cn1c(-c2ccc(Cl)cc2)nn(Cc2ncn(-c3ncccc3Cl)n2)c1=O)C(F)(F)F. The Bertz CT molecular complexity index is 3980. The minimum Gasteiger partial charge on any atom is -0.444 e. The number of ether oxygens (including phenoxy) is 2. The molecule has 2 N–H and O–H groups in total. The molecule has 520 valence electrons. The first kappa shape index (κ1) is 73.8. The third-order valence-electron chi connectivity index (χ3n) is 14.1. The highest BCUT2D eigenvalue weighted by molar-refractivity contribution is 6.32. The summed E-state index contributed by atoms with van der Waals surface area (Å²) in [5.41, 5.74) is -3.47. The smallest absolute Gasteiger partial charge is 0.411 e. The van der Waals surface area contributed by atoms with Gasteiger partial charge in [0, 0.05) is 46.4 Å². The van der Waals surface area contributed by atoms with Gasteiger partial charge in [-0.1, -0.05) is 53.8 Å². The van der Waals surface area contributed by atoms with Crippen LogP contribution in [0.2, 0.25) is 20.1 Å². The van der Waals surface area contributed by atoms with Gasteiger partial charge in [0.15, 0.2) is 34.9 Å². The summed E-state index contributed by atoms with van der Waals surface area (Å²) in [5, 5.41) is 22.0. The normalized spacial score (nSPS) is 17.2. The Morgan fingerprint density at radius 2 is 0.897 bits per heavy atom. The molecule has 0 aliphatic carbocycles. The largest absolute Gasteiger partial charge is 0.444 e. The Balaban J connectivity index is 0.000000245. The molecule has 0 spiro atoms. The molecule has 2 aliphatic rings. The van der Waals surface area contributed by atoms with Crippen molar-refractivity contribution in [1.29, 1.82) is 0 Å². The number of alkyl halides is 8. The minimum atomic E-state index is -5.08. The Morgan fingerprint density at radius 1 is 0.546 bits per heavy atom. The summed E-state index contributed by atoms with van der Waals surface area (Å²) < 4.78 is 132. The number of nitrogens with zero attached hydrogens (tertiary/aromatic N) is 16. The number of carbonyl (C=O) groups is 4. The van der Waals surface area contributed by atoms with Crippen molar-refractivity contribution in [3.63, 3.8) is 0 Å². The third kappa shape index (κ3) is 18.4. The predicted octanol–water partition coefficient (Wildman–Crippen LogP) is 9.51. The molecular formula is C59H62Cl4F8N18O8. The summed E-state index contributed by atoms with van der Waals surface area (Å²) in [4.78, 5) is 97.1. The van der Waals surface area contributed by atoms with Crippen molar-refractivity contribution < 1.29 is 63.8 Å². The lowest BCUT2D eigenvalue weighted by Gasteiger charge is -2.29. The fourth-order valence-electron chi connectivity index (χ4n) is 9.82. The number of aromatic nitrogens is 14. The summed E-state index contributed by atoms with van der Waals surface area (Å²) in [6.07, 6.45) is -11.1. The van der Waals surface area contributed by atoms with Crippen molar-refractivity contribution in [2.45, 2.75) is 148 Å². The average molecular weight is 1450 g/mol. The van der Waals surface area contributed by atoms with Gasteiger partial charge in [-0.3, -0.25) is 28.5 Å². The van der Waals surface area contributed by atoms with E-state index in [1.807, 2.05) is 10.6 Å². The molecular weight excluding hydrogens is 1380 g/mol. The van der Waals surface area contributed by atoms with E-state index in [-0.39, 0.29) is 76.6 Å². The second-order valence-electron chi connectivity index (χ2n) is 23.8. The molecule has 10 rings (SSSR count). The summed E-state index contributed by atoms with van der Waals surface area (Å²) in [6, 6.07) is 9.66. The lowest BCUT2D eigenvalue weighted by molar-refractivity contribution is -0.165. The number of amides is 4. The minimum absolute atomic E-state index is 0. The van der Waals surface area contributed by atoms with Crippen LogP contribution < -0.4 is 22.0 Å². The van der Waals surface area contributed by atoms with E-state index in [1.54, 1.807) is 65.8 Å². The van der Waals surface area contributed by atoms with Crippen molar-refractivity contribution in [2.24, 2.45) is 0 Å². The number of benzene rings is 2. The fourth-order valence-corrected chi connectivity index (χ4v) is 10.5. The van der Waals surface area contributed by atoms with Crippen LogP contribution in [0.3, 0.4) is 0 Å². The average Bonchev–Trinajstić information content (AvgIpc) is 1.66. The molecule has 8 heterocycles. The highest BCUT2D eigenvalue weighted by Crippen LogP contribution is 2.31. The number of carbonyl (C=O) groups excluding carboxylic acids is 4. The first-order valence-corrected chi connectivity index (χ1v) is 30.4. The summed E-state index contributed by atoms with van der Waals surface area (Å²) in [6.45, 7) is 5.31. The third-order valence-corrected chi connectivity index (χ3v) is 15.2. The van der Waals surface area contributed by atoms with Crippen LogP contribution in [0.15, 0.2) is 107 Å². The zero-order chi connectivity index (χ0) is 69.9. The molecule has 97 heavy (non-hydrogen) atoms. The summed E-state index contributed by atoms with van der Waals surface area (Å²) in [5.74, 6) is -2.23. The highest BCUT2D eigenvalue weighted by Gasteiger charge is 2.49. The van der Waals surface area contributed by atoms with Crippen LogP contribution in [0.25, 0.3) is 34.4 Å². The van der Waals surface area contributed by atoms with Gasteiger partial charge in [0.1, 0.15) is 73.5 Å². The Kier molecular flexibility index (Phi) is 22.6. The first-order chi connectivity index (χ1) is 45.0. The summed E-state index contributed by atoms with van der Waals surface area (Å²) >= 11 is 24.4. The van der Waals surface area contributed by atoms with Crippen LogP contribution in [0.1, 0.15) is 73.5 Å². The molecule has 2 aliphatic heterocycles. The fraction of sp³-hybridized carbons (Fsp3) is 0.424. The lowest BCUT2D eigenvalue weighted by atomic mass is 10.1.